The van der Waals surface area contributed by atoms with Gasteiger partial charge in [-0.3, -0.25) is 4.55 Å². The van der Waals surface area contributed by atoms with E-state index in [-0.39, 0.29) is 4.90 Å². The lowest BCUT2D eigenvalue weighted by molar-refractivity contribution is 0.418. The molecule has 1 N–H and O–H groups in total. The van der Waals surface area contributed by atoms with Crippen LogP contribution in [0, 0.1) is 0 Å². The van der Waals surface area contributed by atoms with Crippen LogP contribution in [0.5, 0.6) is 5.75 Å². The Balaban J connectivity index is 1.83. The van der Waals surface area contributed by atoms with Crippen LogP contribution in [0.3, 0.4) is 0 Å². The molecule has 0 radical (unpaired) electrons. The zero-order valence-corrected chi connectivity index (χ0v) is 19.5. The Morgan fingerprint density at radius 3 is 1.90 bits per heavy atom. The fraction of sp³-hybridized carbons (Fsp3) is 0.600. The monoisotopic (exact) mass is 434 g/mol. The van der Waals surface area contributed by atoms with Gasteiger partial charge in [-0.15, -0.1) is 0 Å². The van der Waals surface area contributed by atoms with Crippen LogP contribution < -0.4 is 4.74 Å². The first-order chi connectivity index (χ1) is 14.5. The van der Waals surface area contributed by atoms with Crippen LogP contribution in [-0.2, 0) is 16.5 Å². The minimum atomic E-state index is -4.34. The molecule has 2 rings (SSSR count). The Hall–Kier alpha value is -1.59. The third-order valence-corrected chi connectivity index (χ3v) is 6.80. The summed E-state index contributed by atoms with van der Waals surface area (Å²) < 4.78 is 39.6. The van der Waals surface area contributed by atoms with Crippen LogP contribution in [0.25, 0.3) is 10.8 Å². The minimum Gasteiger partial charge on any atom is -0.496 e. The van der Waals surface area contributed by atoms with E-state index in [4.69, 9.17) is 4.74 Å². The molecule has 0 heterocycles. The van der Waals surface area contributed by atoms with E-state index in [2.05, 4.69) is 6.92 Å². The van der Waals surface area contributed by atoms with Gasteiger partial charge in [-0.1, -0.05) is 102 Å². The van der Waals surface area contributed by atoms with Crippen LogP contribution in [0.1, 0.15) is 89.5 Å². The van der Waals surface area contributed by atoms with E-state index in [9.17, 15) is 13.0 Å². The van der Waals surface area contributed by atoms with Gasteiger partial charge in [-0.05, 0) is 29.9 Å². The molecular formula is C25H38O4S. The number of fused-ring (bicyclic) bond motifs is 1. The molecule has 0 aromatic heterocycles. The molecule has 168 valence electrons. The summed E-state index contributed by atoms with van der Waals surface area (Å²) in [7, 11) is -2.82. The molecule has 2 aromatic rings. The molecule has 4 nitrogen and oxygen atoms in total. The second-order valence-electron chi connectivity index (χ2n) is 8.23. The maximum absolute atomic E-state index is 12.2. The molecule has 0 aliphatic carbocycles. The molecule has 2 aromatic carbocycles. The van der Waals surface area contributed by atoms with Gasteiger partial charge in [-0.2, -0.15) is 8.42 Å². The maximum atomic E-state index is 12.2. The van der Waals surface area contributed by atoms with Crippen molar-refractivity contribution in [1.29, 1.82) is 0 Å². The number of benzene rings is 2. The molecule has 0 aliphatic rings. The minimum absolute atomic E-state index is 0.000484. The van der Waals surface area contributed by atoms with Crippen molar-refractivity contribution < 1.29 is 17.7 Å². The highest BCUT2D eigenvalue weighted by Gasteiger charge is 2.21. The number of unbranched alkanes of at least 4 members (excludes halogenated alkanes) is 11. The Bertz CT molecular complexity index is 874. The van der Waals surface area contributed by atoms with Crippen LogP contribution in [0.4, 0.5) is 0 Å². The van der Waals surface area contributed by atoms with Crippen molar-refractivity contribution in [2.45, 2.75) is 95.3 Å². The molecule has 30 heavy (non-hydrogen) atoms. The molecule has 0 saturated carbocycles. The van der Waals surface area contributed by atoms with Crippen molar-refractivity contribution >= 4 is 20.9 Å². The summed E-state index contributed by atoms with van der Waals surface area (Å²) in [4.78, 5) is 0.000484. The van der Waals surface area contributed by atoms with Gasteiger partial charge < -0.3 is 4.74 Å². The second kappa shape index (κ2) is 13.0. The average molecular weight is 435 g/mol. The molecule has 0 atom stereocenters. The highest BCUT2D eigenvalue weighted by Crippen LogP contribution is 2.34. The summed E-state index contributed by atoms with van der Waals surface area (Å²) in [5.74, 6) is 0.469. The van der Waals surface area contributed by atoms with Crippen molar-refractivity contribution in [3.8, 4) is 5.75 Å². The van der Waals surface area contributed by atoms with Crippen molar-refractivity contribution in [3.05, 3.63) is 35.9 Å². The molecule has 0 bridgehead atoms. The van der Waals surface area contributed by atoms with Crippen molar-refractivity contribution in [2.24, 2.45) is 0 Å². The predicted octanol–water partition coefficient (Wildman–Crippen LogP) is 7.34. The van der Waals surface area contributed by atoms with Crippen LogP contribution in [0.2, 0.25) is 0 Å². The first-order valence-electron chi connectivity index (χ1n) is 11.5. The predicted molar refractivity (Wildman–Crippen MR) is 125 cm³/mol. The Morgan fingerprint density at radius 1 is 0.800 bits per heavy atom. The molecule has 0 fully saturated rings. The van der Waals surface area contributed by atoms with Crippen molar-refractivity contribution in [2.75, 3.05) is 7.11 Å². The van der Waals surface area contributed by atoms with Gasteiger partial charge in [0.25, 0.3) is 10.1 Å². The lowest BCUT2D eigenvalue weighted by atomic mass is 10.0. The normalized spacial score (nSPS) is 11.8. The third kappa shape index (κ3) is 7.59. The number of aryl methyl sites for hydroxylation is 1. The summed E-state index contributed by atoms with van der Waals surface area (Å²) in [5.41, 5.74) is 0.668. The maximum Gasteiger partial charge on any atom is 0.295 e. The van der Waals surface area contributed by atoms with Gasteiger partial charge in [0.2, 0.25) is 0 Å². The SMILES string of the molecule is CCCCCCCCCCCCCCc1ccc2cccc(OC)c2c1S(=O)(=O)O. The van der Waals surface area contributed by atoms with E-state index >= 15 is 0 Å². The van der Waals surface area contributed by atoms with E-state index in [0.29, 0.717) is 23.1 Å². The fourth-order valence-electron chi connectivity index (χ4n) is 4.17. The highest BCUT2D eigenvalue weighted by molar-refractivity contribution is 7.86. The van der Waals surface area contributed by atoms with Gasteiger partial charge >= 0.3 is 0 Å². The molecule has 0 aliphatic heterocycles. The molecule has 5 heteroatoms. The summed E-state index contributed by atoms with van der Waals surface area (Å²) in [6.07, 6.45) is 15.8. The van der Waals surface area contributed by atoms with Crippen LogP contribution in [0.15, 0.2) is 35.2 Å². The number of rotatable bonds is 15. The van der Waals surface area contributed by atoms with Crippen molar-refractivity contribution in [3.63, 3.8) is 0 Å². The fourth-order valence-corrected chi connectivity index (χ4v) is 5.15. The Kier molecular flexibility index (Phi) is 10.7. The summed E-state index contributed by atoms with van der Waals surface area (Å²) in [5, 5.41) is 1.22. The molecular weight excluding hydrogens is 396 g/mol. The van der Waals surface area contributed by atoms with E-state index in [0.717, 1.165) is 18.2 Å². The Labute approximate surface area is 182 Å². The summed E-state index contributed by atoms with van der Waals surface area (Å²) >= 11 is 0. The van der Waals surface area contributed by atoms with Gasteiger partial charge in [0.15, 0.2) is 0 Å². The largest absolute Gasteiger partial charge is 0.496 e. The van der Waals surface area contributed by atoms with E-state index < -0.39 is 10.1 Å². The number of hydrogen-bond acceptors (Lipinski definition) is 3. The van der Waals surface area contributed by atoms with Crippen molar-refractivity contribution in [1.82, 2.24) is 0 Å². The summed E-state index contributed by atoms with van der Waals surface area (Å²) in [6.45, 7) is 2.25. The van der Waals surface area contributed by atoms with Gasteiger partial charge in [-0.25, -0.2) is 0 Å². The number of methoxy groups -OCH3 is 1. The van der Waals surface area contributed by atoms with Crippen LogP contribution >= 0.6 is 0 Å². The van der Waals surface area contributed by atoms with Crippen LogP contribution in [-0.4, -0.2) is 20.1 Å². The standard InChI is InChI=1S/C25H38O4S/c1-3-4-5-6-7-8-9-10-11-12-13-14-16-22-20-19-21-17-15-18-23(29-2)24(21)25(22)30(26,27)28/h15,17-20H,3-14,16H2,1-2H3,(H,26,27,28). The van der Waals surface area contributed by atoms with E-state index in [1.165, 1.54) is 71.3 Å². The lowest BCUT2D eigenvalue weighted by Crippen LogP contribution is -2.05. The number of ether oxygens (including phenoxy) is 1. The van der Waals surface area contributed by atoms with Gasteiger partial charge in [0, 0.05) is 5.39 Å². The quantitative estimate of drug-likeness (QED) is 0.235. The smallest absolute Gasteiger partial charge is 0.295 e. The number of hydrogen-bond donors (Lipinski definition) is 1. The first kappa shape index (κ1) is 24.7. The third-order valence-electron chi connectivity index (χ3n) is 5.82. The van der Waals surface area contributed by atoms with E-state index in [1.54, 1.807) is 6.07 Å². The first-order valence-corrected chi connectivity index (χ1v) is 13.0. The zero-order chi connectivity index (χ0) is 21.8. The zero-order valence-electron chi connectivity index (χ0n) is 18.7. The van der Waals surface area contributed by atoms with E-state index in [1.807, 2.05) is 24.3 Å². The molecule has 0 saturated heterocycles. The van der Waals surface area contributed by atoms with Gasteiger partial charge in [0.05, 0.1) is 7.11 Å². The topological polar surface area (TPSA) is 63.6 Å². The lowest BCUT2D eigenvalue weighted by Gasteiger charge is -2.13. The molecule has 0 unspecified atom stereocenters. The Morgan fingerprint density at radius 2 is 1.37 bits per heavy atom. The highest BCUT2D eigenvalue weighted by atomic mass is 32.2. The molecule has 0 amide bonds. The second-order valence-corrected chi connectivity index (χ2v) is 9.58. The van der Waals surface area contributed by atoms with Gasteiger partial charge in [0.1, 0.15) is 10.6 Å². The summed E-state index contributed by atoms with van der Waals surface area (Å²) in [6, 6.07) is 9.11. The average Bonchev–Trinajstić information content (AvgIpc) is 2.72. The molecule has 0 spiro atoms.